The largest absolute Gasteiger partial charge is 0.453 e. The Morgan fingerprint density at radius 1 is 1.25 bits per heavy atom. The average molecular weight is 376 g/mol. The maximum absolute atomic E-state index is 12.3. The van der Waals surface area contributed by atoms with E-state index in [1.165, 1.54) is 0 Å². The van der Waals surface area contributed by atoms with Gasteiger partial charge in [-0.2, -0.15) is 5.26 Å². The highest BCUT2D eigenvalue weighted by atomic mass is 16.5. The Balaban J connectivity index is 1.68. The second kappa shape index (κ2) is 8.26. The molecule has 1 aliphatic carbocycles. The molecule has 0 spiro atoms. The molecular formula is C23H24N2O3. The first-order valence-corrected chi connectivity index (χ1v) is 9.54. The zero-order valence-corrected chi connectivity index (χ0v) is 16.5. The van der Waals surface area contributed by atoms with Crippen molar-refractivity contribution in [2.45, 2.75) is 46.1 Å². The summed E-state index contributed by atoms with van der Waals surface area (Å²) >= 11 is 0. The Labute approximate surface area is 165 Å². The van der Waals surface area contributed by atoms with Gasteiger partial charge in [0.05, 0.1) is 0 Å². The Kier molecular flexibility index (Phi) is 5.79. The number of rotatable bonds is 7. The van der Waals surface area contributed by atoms with Crippen LogP contribution in [0, 0.1) is 25.2 Å². The molecule has 1 aliphatic rings. The third-order valence-electron chi connectivity index (χ3n) is 5.09. The third kappa shape index (κ3) is 4.23. The van der Waals surface area contributed by atoms with E-state index in [0.29, 0.717) is 11.6 Å². The van der Waals surface area contributed by atoms with Gasteiger partial charge in [0.1, 0.15) is 11.6 Å². The number of Topliss-reactive ketones (excluding diaryl/α,β-unsaturated/α-hetero) is 1. The molecule has 1 fully saturated rings. The molecule has 2 aromatic rings. The quantitative estimate of drug-likeness (QED) is 0.312. The highest BCUT2D eigenvalue weighted by Crippen LogP contribution is 2.38. The second-order valence-corrected chi connectivity index (χ2v) is 7.15. The summed E-state index contributed by atoms with van der Waals surface area (Å²) in [6, 6.07) is 11.6. The van der Waals surface area contributed by atoms with Crippen LogP contribution in [0.15, 0.2) is 35.9 Å². The molecule has 0 aliphatic heterocycles. The molecule has 144 valence electrons. The number of carbonyl (C=O) groups is 2. The van der Waals surface area contributed by atoms with Crippen LogP contribution in [0.2, 0.25) is 0 Å². The smallest absolute Gasteiger partial charge is 0.349 e. The van der Waals surface area contributed by atoms with E-state index in [1.54, 1.807) is 18.2 Å². The van der Waals surface area contributed by atoms with Gasteiger partial charge in [-0.15, -0.1) is 0 Å². The number of hydrogen-bond acceptors (Lipinski definition) is 4. The van der Waals surface area contributed by atoms with E-state index in [0.717, 1.165) is 41.8 Å². The molecule has 0 amide bonds. The van der Waals surface area contributed by atoms with Crippen LogP contribution in [0.1, 0.15) is 58.7 Å². The van der Waals surface area contributed by atoms with E-state index < -0.39 is 5.97 Å². The summed E-state index contributed by atoms with van der Waals surface area (Å²) < 4.78 is 7.34. The van der Waals surface area contributed by atoms with Crippen LogP contribution in [-0.2, 0) is 16.0 Å². The second-order valence-electron chi connectivity index (χ2n) is 7.15. The van der Waals surface area contributed by atoms with Crippen LogP contribution >= 0.6 is 0 Å². The van der Waals surface area contributed by atoms with Crippen molar-refractivity contribution in [3.63, 3.8) is 0 Å². The molecule has 28 heavy (non-hydrogen) atoms. The highest BCUT2D eigenvalue weighted by Gasteiger charge is 2.27. The highest BCUT2D eigenvalue weighted by molar-refractivity contribution is 6.02. The molecule has 0 radical (unpaired) electrons. The van der Waals surface area contributed by atoms with Gasteiger partial charge in [0, 0.05) is 23.0 Å². The fourth-order valence-electron chi connectivity index (χ4n) is 3.35. The number of ketones is 1. The van der Waals surface area contributed by atoms with Crippen molar-refractivity contribution in [1.82, 2.24) is 4.57 Å². The van der Waals surface area contributed by atoms with E-state index in [2.05, 4.69) is 4.57 Å². The van der Waals surface area contributed by atoms with Crippen molar-refractivity contribution in [2.24, 2.45) is 0 Å². The number of ether oxygens (including phenoxy) is 1. The predicted octanol–water partition coefficient (Wildman–Crippen LogP) is 4.34. The van der Waals surface area contributed by atoms with Crippen molar-refractivity contribution in [2.75, 3.05) is 6.61 Å². The maximum atomic E-state index is 12.3. The molecule has 1 saturated carbocycles. The van der Waals surface area contributed by atoms with Gasteiger partial charge in [-0.3, -0.25) is 4.79 Å². The van der Waals surface area contributed by atoms with Crippen LogP contribution in [-0.4, -0.2) is 22.9 Å². The number of aryl methyl sites for hydroxylation is 2. The standard InChI is InChI=1S/C23H24N2O3/c1-4-17-5-7-18(8-6-17)22(26)14-28-23(27)20(13-24)12-19-11-15(2)25(16(19)3)21-9-10-21/h5-8,11-12,21H,4,9-10,14H2,1-3H3/b20-12+. The Bertz CT molecular complexity index is 971. The van der Waals surface area contributed by atoms with Gasteiger partial charge in [-0.25, -0.2) is 4.79 Å². The van der Waals surface area contributed by atoms with E-state index in [4.69, 9.17) is 4.74 Å². The summed E-state index contributed by atoms with van der Waals surface area (Å²) in [7, 11) is 0. The lowest BCUT2D eigenvalue weighted by Gasteiger charge is -2.07. The number of aromatic nitrogens is 1. The van der Waals surface area contributed by atoms with Gasteiger partial charge < -0.3 is 9.30 Å². The Hall–Kier alpha value is -3.13. The molecule has 5 heteroatoms. The number of esters is 1. The van der Waals surface area contributed by atoms with Gasteiger partial charge in [0.15, 0.2) is 12.4 Å². The maximum Gasteiger partial charge on any atom is 0.349 e. The lowest BCUT2D eigenvalue weighted by Crippen LogP contribution is -2.15. The summed E-state index contributed by atoms with van der Waals surface area (Å²) in [4.78, 5) is 24.5. The number of nitrogens with zero attached hydrogens (tertiary/aromatic N) is 2. The monoisotopic (exact) mass is 376 g/mol. The first-order valence-electron chi connectivity index (χ1n) is 9.54. The SMILES string of the molecule is CCc1ccc(C(=O)COC(=O)/C(C#N)=C/c2cc(C)n(C3CC3)c2C)cc1. The molecule has 3 rings (SSSR count). The Morgan fingerprint density at radius 2 is 1.93 bits per heavy atom. The minimum absolute atomic E-state index is 0.106. The third-order valence-corrected chi connectivity index (χ3v) is 5.09. The normalized spacial score (nSPS) is 13.9. The minimum Gasteiger partial charge on any atom is -0.453 e. The Morgan fingerprint density at radius 3 is 2.50 bits per heavy atom. The molecule has 0 unspecified atom stereocenters. The summed E-state index contributed by atoms with van der Waals surface area (Å²) in [6.07, 6.45) is 4.76. The fraction of sp³-hybridized carbons (Fsp3) is 0.348. The number of nitriles is 1. The first-order chi connectivity index (χ1) is 13.4. The van der Waals surface area contributed by atoms with Gasteiger partial charge in [0.25, 0.3) is 0 Å². The molecule has 1 aromatic carbocycles. The van der Waals surface area contributed by atoms with Gasteiger partial charge >= 0.3 is 5.97 Å². The zero-order chi connectivity index (χ0) is 20.3. The molecule has 0 N–H and O–H groups in total. The van der Waals surface area contributed by atoms with Crippen LogP contribution in [0.5, 0.6) is 0 Å². The molecule has 0 bridgehead atoms. The molecular weight excluding hydrogens is 352 g/mol. The van der Waals surface area contributed by atoms with Crippen molar-refractivity contribution >= 4 is 17.8 Å². The fourth-order valence-corrected chi connectivity index (χ4v) is 3.35. The van der Waals surface area contributed by atoms with Crippen molar-refractivity contribution < 1.29 is 14.3 Å². The molecule has 1 heterocycles. The summed E-state index contributed by atoms with van der Waals surface area (Å²) in [6.45, 7) is 5.66. The minimum atomic E-state index is -0.780. The lowest BCUT2D eigenvalue weighted by atomic mass is 10.1. The molecule has 0 atom stereocenters. The number of benzene rings is 1. The van der Waals surface area contributed by atoms with Crippen LogP contribution in [0.4, 0.5) is 0 Å². The van der Waals surface area contributed by atoms with Gasteiger partial charge in [-0.05, 0) is 56.4 Å². The molecule has 1 aromatic heterocycles. The topological polar surface area (TPSA) is 72.1 Å². The number of carbonyl (C=O) groups excluding carboxylic acids is 2. The summed E-state index contributed by atoms with van der Waals surface area (Å²) in [5.74, 6) is -1.07. The zero-order valence-electron chi connectivity index (χ0n) is 16.5. The van der Waals surface area contributed by atoms with Crippen molar-refractivity contribution in [3.8, 4) is 6.07 Å². The van der Waals surface area contributed by atoms with E-state index >= 15 is 0 Å². The summed E-state index contributed by atoms with van der Waals surface area (Å²) in [5.41, 5.74) is 4.49. The first kappa shape index (κ1) is 19.6. The van der Waals surface area contributed by atoms with E-state index in [9.17, 15) is 14.9 Å². The lowest BCUT2D eigenvalue weighted by molar-refractivity contribution is -0.137. The van der Waals surface area contributed by atoms with E-state index in [-0.39, 0.29) is 18.0 Å². The van der Waals surface area contributed by atoms with Crippen LogP contribution in [0.3, 0.4) is 0 Å². The van der Waals surface area contributed by atoms with Gasteiger partial charge in [0.2, 0.25) is 0 Å². The van der Waals surface area contributed by atoms with Crippen molar-refractivity contribution in [3.05, 3.63) is 64.0 Å². The van der Waals surface area contributed by atoms with Crippen LogP contribution < -0.4 is 0 Å². The number of hydrogen-bond donors (Lipinski definition) is 0. The van der Waals surface area contributed by atoms with E-state index in [1.807, 2.05) is 45.0 Å². The molecule has 5 nitrogen and oxygen atoms in total. The summed E-state index contributed by atoms with van der Waals surface area (Å²) in [5, 5.41) is 9.38. The molecule has 0 saturated heterocycles. The van der Waals surface area contributed by atoms with Gasteiger partial charge in [-0.1, -0.05) is 31.2 Å². The van der Waals surface area contributed by atoms with Crippen LogP contribution in [0.25, 0.3) is 6.08 Å². The van der Waals surface area contributed by atoms with Crippen molar-refractivity contribution in [1.29, 1.82) is 5.26 Å². The average Bonchev–Trinajstić information content (AvgIpc) is 3.49. The predicted molar refractivity (Wildman–Crippen MR) is 107 cm³/mol.